The smallest absolute Gasteiger partial charge is 0.277 e. The molecule has 2 aromatic heterocycles. The minimum absolute atomic E-state index is 0.133. The van der Waals surface area contributed by atoms with Crippen molar-refractivity contribution in [1.29, 1.82) is 0 Å². The number of H-pyrrole nitrogens is 1. The number of ether oxygens (including phenoxy) is 1. The molecule has 9 nitrogen and oxygen atoms in total. The molecule has 0 amide bonds. The summed E-state index contributed by atoms with van der Waals surface area (Å²) in [6.45, 7) is 8.41. The first-order valence-corrected chi connectivity index (χ1v) is 14.0. The third-order valence-corrected chi connectivity index (χ3v) is 8.82. The van der Waals surface area contributed by atoms with E-state index in [0.717, 1.165) is 31.5 Å². The molecular formula is C25H35N5O4S. The van der Waals surface area contributed by atoms with Gasteiger partial charge < -0.3 is 9.72 Å². The van der Waals surface area contributed by atoms with Crippen molar-refractivity contribution < 1.29 is 13.2 Å². The number of aromatic amines is 1. The van der Waals surface area contributed by atoms with Gasteiger partial charge in [0.1, 0.15) is 11.6 Å². The SMILES string of the molecule is CCOc1ccc(S(=O)(=O)N(CC)CC)cc1-c1nn2c(C3CCCCCC3)nc(C)c2c(=O)[nH]1. The van der Waals surface area contributed by atoms with Crippen molar-refractivity contribution in [1.82, 2.24) is 23.9 Å². The Bertz CT molecular complexity index is 1350. The van der Waals surface area contributed by atoms with Crippen LogP contribution in [0.4, 0.5) is 0 Å². The summed E-state index contributed by atoms with van der Waals surface area (Å²) in [5, 5.41) is 4.79. The van der Waals surface area contributed by atoms with Gasteiger partial charge >= 0.3 is 0 Å². The number of imidazole rings is 1. The monoisotopic (exact) mass is 501 g/mol. The van der Waals surface area contributed by atoms with Gasteiger partial charge in [0.05, 0.1) is 22.8 Å². The fourth-order valence-electron chi connectivity index (χ4n) is 4.96. The Morgan fingerprint density at radius 3 is 2.43 bits per heavy atom. The summed E-state index contributed by atoms with van der Waals surface area (Å²) in [6.07, 6.45) is 6.73. The van der Waals surface area contributed by atoms with E-state index < -0.39 is 10.0 Å². The Kier molecular flexibility index (Phi) is 7.61. The van der Waals surface area contributed by atoms with Crippen molar-refractivity contribution in [2.75, 3.05) is 19.7 Å². The number of benzene rings is 1. The van der Waals surface area contributed by atoms with Gasteiger partial charge in [0.15, 0.2) is 11.3 Å². The molecule has 2 heterocycles. The van der Waals surface area contributed by atoms with Gasteiger partial charge in [-0.25, -0.2) is 17.9 Å². The zero-order valence-corrected chi connectivity index (χ0v) is 21.8. The van der Waals surface area contributed by atoms with Gasteiger partial charge in [-0.15, -0.1) is 5.10 Å². The van der Waals surface area contributed by atoms with Crippen LogP contribution in [0.3, 0.4) is 0 Å². The number of nitrogens with zero attached hydrogens (tertiary/aromatic N) is 4. The van der Waals surface area contributed by atoms with E-state index in [1.165, 1.54) is 29.3 Å². The molecule has 0 unspecified atom stereocenters. The van der Waals surface area contributed by atoms with Crippen LogP contribution >= 0.6 is 0 Å². The fourth-order valence-corrected chi connectivity index (χ4v) is 6.45. The largest absolute Gasteiger partial charge is 0.493 e. The summed E-state index contributed by atoms with van der Waals surface area (Å²) in [5.74, 6) is 1.76. The van der Waals surface area contributed by atoms with Crippen LogP contribution in [0.5, 0.6) is 5.75 Å². The summed E-state index contributed by atoms with van der Waals surface area (Å²) >= 11 is 0. The molecule has 4 rings (SSSR count). The predicted molar refractivity (Wildman–Crippen MR) is 135 cm³/mol. The van der Waals surface area contributed by atoms with E-state index in [0.29, 0.717) is 42.2 Å². The quantitative estimate of drug-likeness (QED) is 0.462. The molecule has 3 aromatic rings. The summed E-state index contributed by atoms with van der Waals surface area (Å²) in [5.41, 5.74) is 1.20. The van der Waals surface area contributed by atoms with Gasteiger partial charge in [0.2, 0.25) is 10.0 Å². The maximum atomic E-state index is 13.2. The first-order valence-electron chi connectivity index (χ1n) is 12.6. The lowest BCUT2D eigenvalue weighted by Gasteiger charge is -2.19. The van der Waals surface area contributed by atoms with Crippen molar-refractivity contribution in [3.05, 3.63) is 40.1 Å². The molecule has 1 aliphatic rings. The summed E-state index contributed by atoms with van der Waals surface area (Å²) < 4.78 is 35.3. The second-order valence-corrected chi connectivity index (χ2v) is 10.9. The third kappa shape index (κ3) is 4.86. The number of fused-ring (bicyclic) bond motifs is 1. The van der Waals surface area contributed by atoms with Crippen LogP contribution in [0.1, 0.15) is 76.7 Å². The summed E-state index contributed by atoms with van der Waals surface area (Å²) in [7, 11) is -3.70. The van der Waals surface area contributed by atoms with Crippen molar-refractivity contribution in [3.8, 4) is 17.1 Å². The number of aryl methyl sites for hydroxylation is 1. The lowest BCUT2D eigenvalue weighted by atomic mass is 10.00. The van der Waals surface area contributed by atoms with E-state index in [1.807, 2.05) is 13.8 Å². The van der Waals surface area contributed by atoms with Crippen molar-refractivity contribution >= 4 is 15.5 Å². The molecule has 0 radical (unpaired) electrons. The van der Waals surface area contributed by atoms with Crippen molar-refractivity contribution in [2.24, 2.45) is 0 Å². The molecule has 1 fully saturated rings. The molecule has 0 aliphatic heterocycles. The second-order valence-electron chi connectivity index (χ2n) is 8.99. The third-order valence-electron chi connectivity index (χ3n) is 6.77. The van der Waals surface area contributed by atoms with Crippen molar-refractivity contribution in [2.45, 2.75) is 77.0 Å². The maximum absolute atomic E-state index is 13.2. The Labute approximate surface area is 206 Å². The van der Waals surface area contributed by atoms with Gasteiger partial charge in [-0.2, -0.15) is 4.31 Å². The highest BCUT2D eigenvalue weighted by Crippen LogP contribution is 2.34. The lowest BCUT2D eigenvalue weighted by Crippen LogP contribution is -2.30. The molecule has 0 bridgehead atoms. The molecule has 35 heavy (non-hydrogen) atoms. The van der Waals surface area contributed by atoms with E-state index in [4.69, 9.17) is 14.8 Å². The summed E-state index contributed by atoms with van der Waals surface area (Å²) in [4.78, 5) is 20.9. The van der Waals surface area contributed by atoms with Gasteiger partial charge in [-0.3, -0.25) is 4.79 Å². The molecule has 1 aromatic carbocycles. The van der Waals surface area contributed by atoms with E-state index in [9.17, 15) is 13.2 Å². The number of aromatic nitrogens is 4. The number of rotatable bonds is 8. The van der Waals surface area contributed by atoms with Crippen molar-refractivity contribution in [3.63, 3.8) is 0 Å². The van der Waals surface area contributed by atoms with Crippen LogP contribution < -0.4 is 10.3 Å². The van der Waals surface area contributed by atoms with E-state index in [-0.39, 0.29) is 22.2 Å². The van der Waals surface area contributed by atoms with Crippen LogP contribution in [-0.2, 0) is 10.0 Å². The highest BCUT2D eigenvalue weighted by Gasteiger charge is 2.26. The molecule has 0 spiro atoms. The zero-order valence-electron chi connectivity index (χ0n) is 21.0. The average Bonchev–Trinajstić information content (AvgIpc) is 2.99. The van der Waals surface area contributed by atoms with Crippen LogP contribution in [-0.4, -0.2) is 52.0 Å². The minimum Gasteiger partial charge on any atom is -0.493 e. The molecular weight excluding hydrogens is 466 g/mol. The molecule has 190 valence electrons. The van der Waals surface area contributed by atoms with Crippen LogP contribution in [0, 0.1) is 6.92 Å². The van der Waals surface area contributed by atoms with Gasteiger partial charge in [-0.05, 0) is 44.9 Å². The minimum atomic E-state index is -3.70. The number of sulfonamides is 1. The van der Waals surface area contributed by atoms with Gasteiger partial charge in [0, 0.05) is 19.0 Å². The van der Waals surface area contributed by atoms with E-state index in [1.54, 1.807) is 24.4 Å². The predicted octanol–water partition coefficient (Wildman–Crippen LogP) is 4.26. The van der Waals surface area contributed by atoms with E-state index >= 15 is 0 Å². The highest BCUT2D eigenvalue weighted by molar-refractivity contribution is 7.89. The normalized spacial score (nSPS) is 15.6. The van der Waals surface area contributed by atoms with Crippen LogP contribution in [0.15, 0.2) is 27.9 Å². The Balaban J connectivity index is 1.90. The van der Waals surface area contributed by atoms with Crippen LogP contribution in [0.25, 0.3) is 16.9 Å². The zero-order chi connectivity index (χ0) is 25.2. The molecule has 1 N–H and O–H groups in total. The molecule has 1 aliphatic carbocycles. The molecule has 0 saturated heterocycles. The standard InChI is InChI=1S/C25H35N5O4S/c1-5-29(6-2)35(32,33)19-14-15-21(34-7-3)20(16-19)23-27-25(31)22-17(4)26-24(30(22)28-23)18-12-10-8-9-11-13-18/h14-16,18H,5-13H2,1-4H3,(H,27,28,31). The van der Waals surface area contributed by atoms with Crippen LogP contribution in [0.2, 0.25) is 0 Å². The first-order chi connectivity index (χ1) is 16.8. The molecule has 10 heteroatoms. The fraction of sp³-hybridized carbons (Fsp3) is 0.560. The number of hydrogen-bond acceptors (Lipinski definition) is 6. The average molecular weight is 502 g/mol. The Hall–Kier alpha value is -2.72. The maximum Gasteiger partial charge on any atom is 0.277 e. The molecule has 1 saturated carbocycles. The Morgan fingerprint density at radius 1 is 1.11 bits per heavy atom. The number of hydrogen-bond donors (Lipinski definition) is 1. The van der Waals surface area contributed by atoms with E-state index in [2.05, 4.69) is 4.98 Å². The molecule has 0 atom stereocenters. The second kappa shape index (κ2) is 10.5. The van der Waals surface area contributed by atoms with Gasteiger partial charge in [-0.1, -0.05) is 39.5 Å². The Morgan fingerprint density at radius 2 is 1.80 bits per heavy atom. The van der Waals surface area contributed by atoms with Gasteiger partial charge in [0.25, 0.3) is 5.56 Å². The lowest BCUT2D eigenvalue weighted by molar-refractivity contribution is 0.341. The topological polar surface area (TPSA) is 110 Å². The summed E-state index contributed by atoms with van der Waals surface area (Å²) in [6, 6.07) is 4.71. The first kappa shape index (κ1) is 25.4. The number of nitrogens with one attached hydrogen (secondary N) is 1. The highest BCUT2D eigenvalue weighted by atomic mass is 32.2.